The first-order chi connectivity index (χ1) is 9.74. The van der Waals surface area contributed by atoms with Gasteiger partial charge < -0.3 is 9.88 Å². The first kappa shape index (κ1) is 13.5. The van der Waals surface area contributed by atoms with Crippen molar-refractivity contribution < 1.29 is 0 Å². The molecule has 0 saturated carbocycles. The normalized spacial score (nSPS) is 16.5. The van der Waals surface area contributed by atoms with Crippen molar-refractivity contribution >= 4 is 11.8 Å². The summed E-state index contributed by atoms with van der Waals surface area (Å²) in [5.41, 5.74) is 0.961. The van der Waals surface area contributed by atoms with Gasteiger partial charge in [-0.05, 0) is 50.7 Å². The second kappa shape index (κ2) is 5.88. The SMILES string of the molecule is Cc1ccnc(Sc2nnc(C3CCNCC3)n2C)n1. The highest BCUT2D eigenvalue weighted by molar-refractivity contribution is 7.99. The van der Waals surface area contributed by atoms with Crippen LogP contribution in [0.2, 0.25) is 0 Å². The van der Waals surface area contributed by atoms with Gasteiger partial charge in [0.25, 0.3) is 0 Å². The highest BCUT2D eigenvalue weighted by Gasteiger charge is 2.22. The van der Waals surface area contributed by atoms with E-state index in [1.807, 2.05) is 20.0 Å². The van der Waals surface area contributed by atoms with Crippen molar-refractivity contribution in [3.05, 3.63) is 23.8 Å². The van der Waals surface area contributed by atoms with Crippen molar-refractivity contribution in [1.29, 1.82) is 0 Å². The van der Waals surface area contributed by atoms with E-state index in [-0.39, 0.29) is 0 Å². The maximum Gasteiger partial charge on any atom is 0.198 e. The van der Waals surface area contributed by atoms with Gasteiger partial charge in [-0.3, -0.25) is 0 Å². The van der Waals surface area contributed by atoms with Crippen LogP contribution in [-0.2, 0) is 7.05 Å². The molecule has 20 heavy (non-hydrogen) atoms. The number of rotatable bonds is 3. The third-order valence-electron chi connectivity index (χ3n) is 3.53. The Hall–Kier alpha value is -1.47. The molecule has 1 aliphatic rings. The van der Waals surface area contributed by atoms with Gasteiger partial charge in [-0.2, -0.15) is 0 Å². The summed E-state index contributed by atoms with van der Waals surface area (Å²) >= 11 is 1.46. The summed E-state index contributed by atoms with van der Waals surface area (Å²) in [4.78, 5) is 8.65. The van der Waals surface area contributed by atoms with Crippen molar-refractivity contribution in [3.8, 4) is 0 Å². The van der Waals surface area contributed by atoms with Gasteiger partial charge in [0.1, 0.15) is 5.82 Å². The average Bonchev–Trinajstić information content (AvgIpc) is 2.81. The Morgan fingerprint density at radius 2 is 2.10 bits per heavy atom. The van der Waals surface area contributed by atoms with Gasteiger partial charge in [-0.1, -0.05) is 0 Å². The molecule has 3 rings (SSSR count). The molecular formula is C13H18N6S. The fraction of sp³-hybridized carbons (Fsp3) is 0.538. The lowest BCUT2D eigenvalue weighted by atomic mass is 9.97. The summed E-state index contributed by atoms with van der Waals surface area (Å²) in [5.74, 6) is 1.57. The minimum atomic E-state index is 0.501. The number of aromatic nitrogens is 5. The summed E-state index contributed by atoms with van der Waals surface area (Å²) in [6.07, 6.45) is 4.02. The minimum Gasteiger partial charge on any atom is -0.317 e. The quantitative estimate of drug-likeness (QED) is 0.865. The van der Waals surface area contributed by atoms with Gasteiger partial charge in [-0.25, -0.2) is 9.97 Å². The Morgan fingerprint density at radius 1 is 1.30 bits per heavy atom. The molecule has 2 aromatic rings. The molecule has 0 bridgehead atoms. The van der Waals surface area contributed by atoms with E-state index in [1.165, 1.54) is 11.8 Å². The third kappa shape index (κ3) is 2.83. The monoisotopic (exact) mass is 290 g/mol. The standard InChI is InChI=1S/C13H18N6S/c1-9-3-8-15-12(16-9)20-13-18-17-11(19(13)2)10-4-6-14-7-5-10/h3,8,10,14H,4-7H2,1-2H3. The van der Waals surface area contributed by atoms with E-state index >= 15 is 0 Å². The molecule has 106 valence electrons. The molecule has 1 fully saturated rings. The van der Waals surface area contributed by atoms with Crippen LogP contribution in [0, 0.1) is 6.92 Å². The predicted octanol–water partition coefficient (Wildman–Crippen LogP) is 1.53. The summed E-state index contributed by atoms with van der Waals surface area (Å²) < 4.78 is 2.08. The van der Waals surface area contributed by atoms with E-state index in [0.29, 0.717) is 5.92 Å². The maximum atomic E-state index is 4.39. The Kier molecular flexibility index (Phi) is 3.98. The molecule has 1 N–H and O–H groups in total. The van der Waals surface area contributed by atoms with E-state index in [4.69, 9.17) is 0 Å². The van der Waals surface area contributed by atoms with E-state index in [9.17, 15) is 0 Å². The molecule has 6 nitrogen and oxygen atoms in total. The van der Waals surface area contributed by atoms with Crippen LogP contribution in [0.25, 0.3) is 0 Å². The average molecular weight is 290 g/mol. The molecule has 2 aromatic heterocycles. The summed E-state index contributed by atoms with van der Waals surface area (Å²) in [5, 5.41) is 13.6. The molecule has 0 atom stereocenters. The van der Waals surface area contributed by atoms with Crippen LogP contribution in [0.5, 0.6) is 0 Å². The van der Waals surface area contributed by atoms with Crippen molar-refractivity contribution in [2.75, 3.05) is 13.1 Å². The third-order valence-corrected chi connectivity index (χ3v) is 4.45. The van der Waals surface area contributed by atoms with E-state index in [0.717, 1.165) is 47.8 Å². The minimum absolute atomic E-state index is 0.501. The van der Waals surface area contributed by atoms with Crippen molar-refractivity contribution in [2.24, 2.45) is 7.05 Å². The number of nitrogens with zero attached hydrogens (tertiary/aromatic N) is 5. The lowest BCUT2D eigenvalue weighted by Gasteiger charge is -2.21. The molecular weight excluding hydrogens is 272 g/mol. The molecule has 1 saturated heterocycles. The van der Waals surface area contributed by atoms with E-state index in [2.05, 4.69) is 30.0 Å². The highest BCUT2D eigenvalue weighted by atomic mass is 32.2. The second-order valence-corrected chi connectivity index (χ2v) is 5.94. The van der Waals surface area contributed by atoms with Crippen molar-refractivity contribution in [3.63, 3.8) is 0 Å². The number of piperidine rings is 1. The molecule has 0 unspecified atom stereocenters. The Bertz CT molecular complexity index is 590. The number of hydrogen-bond acceptors (Lipinski definition) is 6. The van der Waals surface area contributed by atoms with Crippen LogP contribution in [0.15, 0.2) is 22.6 Å². The molecule has 1 aliphatic heterocycles. The Balaban J connectivity index is 1.79. The largest absolute Gasteiger partial charge is 0.317 e. The van der Waals surface area contributed by atoms with Crippen molar-refractivity contribution in [1.82, 2.24) is 30.0 Å². The maximum absolute atomic E-state index is 4.39. The van der Waals surface area contributed by atoms with Crippen LogP contribution >= 0.6 is 11.8 Å². The molecule has 0 amide bonds. The second-order valence-electron chi connectivity index (χ2n) is 5.01. The zero-order valence-corrected chi connectivity index (χ0v) is 12.5. The van der Waals surface area contributed by atoms with Crippen LogP contribution in [0.3, 0.4) is 0 Å². The summed E-state index contributed by atoms with van der Waals surface area (Å²) in [6, 6.07) is 1.89. The van der Waals surface area contributed by atoms with E-state index < -0.39 is 0 Å². The molecule has 7 heteroatoms. The smallest absolute Gasteiger partial charge is 0.198 e. The number of hydrogen-bond donors (Lipinski definition) is 1. The van der Waals surface area contributed by atoms with Crippen LogP contribution in [0.4, 0.5) is 0 Å². The van der Waals surface area contributed by atoms with Crippen LogP contribution in [-0.4, -0.2) is 37.8 Å². The molecule has 0 radical (unpaired) electrons. The van der Waals surface area contributed by atoms with Gasteiger partial charge in [0.2, 0.25) is 0 Å². The van der Waals surface area contributed by atoms with Crippen LogP contribution < -0.4 is 5.32 Å². The lowest BCUT2D eigenvalue weighted by Crippen LogP contribution is -2.27. The summed E-state index contributed by atoms with van der Waals surface area (Å²) in [6.45, 7) is 4.07. The zero-order valence-electron chi connectivity index (χ0n) is 11.7. The van der Waals surface area contributed by atoms with Gasteiger partial charge in [0, 0.05) is 24.9 Å². The molecule has 0 aliphatic carbocycles. The Morgan fingerprint density at radius 3 is 2.85 bits per heavy atom. The first-order valence-electron chi connectivity index (χ1n) is 6.81. The lowest BCUT2D eigenvalue weighted by molar-refractivity contribution is 0.434. The zero-order chi connectivity index (χ0) is 13.9. The fourth-order valence-electron chi connectivity index (χ4n) is 2.41. The van der Waals surface area contributed by atoms with Gasteiger partial charge in [-0.15, -0.1) is 10.2 Å². The van der Waals surface area contributed by atoms with Gasteiger partial charge in [0.15, 0.2) is 10.3 Å². The van der Waals surface area contributed by atoms with Crippen LogP contribution in [0.1, 0.15) is 30.3 Å². The van der Waals surface area contributed by atoms with Crippen molar-refractivity contribution in [2.45, 2.75) is 36.0 Å². The fourth-order valence-corrected chi connectivity index (χ4v) is 3.19. The van der Waals surface area contributed by atoms with Gasteiger partial charge >= 0.3 is 0 Å². The number of aryl methyl sites for hydroxylation is 1. The Labute approximate surface area is 122 Å². The van der Waals surface area contributed by atoms with Gasteiger partial charge in [0.05, 0.1) is 0 Å². The van der Waals surface area contributed by atoms with E-state index in [1.54, 1.807) is 6.20 Å². The summed E-state index contributed by atoms with van der Waals surface area (Å²) in [7, 11) is 2.02. The number of nitrogens with one attached hydrogen (secondary N) is 1. The highest BCUT2D eigenvalue weighted by Crippen LogP contribution is 2.28. The molecule has 0 aromatic carbocycles. The molecule has 0 spiro atoms. The predicted molar refractivity (Wildman–Crippen MR) is 76.7 cm³/mol. The topological polar surface area (TPSA) is 68.5 Å². The molecule has 3 heterocycles. The first-order valence-corrected chi connectivity index (χ1v) is 7.63.